The lowest BCUT2D eigenvalue weighted by atomic mass is 10.0. The highest BCUT2D eigenvalue weighted by Crippen LogP contribution is 2.18. The van der Waals surface area contributed by atoms with Crippen molar-refractivity contribution in [1.82, 2.24) is 5.32 Å². The average Bonchev–Trinajstić information content (AvgIpc) is 2.73. The summed E-state index contributed by atoms with van der Waals surface area (Å²) in [5.41, 5.74) is -0.266. The third-order valence-electron chi connectivity index (χ3n) is 2.53. The number of carbonyl (C=O) groups is 1. The Morgan fingerprint density at radius 2 is 2.06 bits per heavy atom. The molecule has 1 aromatic rings. The minimum Gasteiger partial charge on any atom is -0.456 e. The van der Waals surface area contributed by atoms with E-state index in [2.05, 4.69) is 37.2 Å². The van der Waals surface area contributed by atoms with Gasteiger partial charge in [-0.3, -0.25) is 4.79 Å². The molecule has 0 saturated heterocycles. The first-order chi connectivity index (χ1) is 7.56. The number of hydrogen-bond donors (Lipinski definition) is 1. The number of hydrogen-bond acceptors (Lipinski definition) is 2. The molecule has 0 atom stereocenters. The summed E-state index contributed by atoms with van der Waals surface area (Å²) in [7, 11) is 0. The molecular formula is C11H15Br2NO2. The van der Waals surface area contributed by atoms with Gasteiger partial charge in [-0.15, -0.1) is 0 Å². The van der Waals surface area contributed by atoms with Gasteiger partial charge >= 0.3 is 0 Å². The summed E-state index contributed by atoms with van der Waals surface area (Å²) in [6, 6.07) is 3.47. The molecule has 90 valence electrons. The molecule has 5 heteroatoms. The van der Waals surface area contributed by atoms with E-state index < -0.39 is 0 Å². The predicted molar refractivity (Wildman–Crippen MR) is 71.5 cm³/mol. The normalized spacial score (nSPS) is 11.5. The zero-order valence-electron chi connectivity index (χ0n) is 9.35. The van der Waals surface area contributed by atoms with E-state index in [0.29, 0.717) is 16.4 Å². The van der Waals surface area contributed by atoms with E-state index in [0.717, 1.165) is 12.2 Å². The first kappa shape index (κ1) is 13.8. The molecule has 0 spiro atoms. The van der Waals surface area contributed by atoms with Crippen molar-refractivity contribution in [3.05, 3.63) is 23.7 Å². The van der Waals surface area contributed by atoms with Crippen LogP contribution in [0.15, 0.2) is 16.5 Å². The van der Waals surface area contributed by atoms with Crippen LogP contribution in [0.5, 0.6) is 0 Å². The molecule has 0 aliphatic heterocycles. The predicted octanol–water partition coefficient (Wildman–Crippen LogP) is 3.26. The van der Waals surface area contributed by atoms with Gasteiger partial charge in [0.25, 0.3) is 5.91 Å². The molecule has 1 amide bonds. The maximum atomic E-state index is 11.9. The number of carbonyl (C=O) groups excluding carboxylic acids is 1. The maximum Gasteiger partial charge on any atom is 0.287 e. The van der Waals surface area contributed by atoms with Crippen LogP contribution < -0.4 is 5.32 Å². The van der Waals surface area contributed by atoms with Crippen LogP contribution in [0.25, 0.3) is 0 Å². The van der Waals surface area contributed by atoms with E-state index in [1.165, 1.54) is 0 Å². The van der Waals surface area contributed by atoms with Crippen molar-refractivity contribution in [2.75, 3.05) is 10.7 Å². The molecule has 1 N–H and O–H groups in total. The van der Waals surface area contributed by atoms with Gasteiger partial charge in [0.2, 0.25) is 0 Å². The molecule has 0 saturated carbocycles. The monoisotopic (exact) mass is 351 g/mol. The van der Waals surface area contributed by atoms with Crippen molar-refractivity contribution >= 4 is 37.8 Å². The molecule has 0 unspecified atom stereocenters. The Bertz CT molecular complexity index is 350. The molecule has 16 heavy (non-hydrogen) atoms. The van der Waals surface area contributed by atoms with Crippen molar-refractivity contribution in [3.8, 4) is 0 Å². The van der Waals surface area contributed by atoms with Crippen LogP contribution in [-0.4, -0.2) is 22.1 Å². The zero-order chi connectivity index (χ0) is 12.2. The summed E-state index contributed by atoms with van der Waals surface area (Å²) in [6.07, 6.45) is 0.842. The topological polar surface area (TPSA) is 42.2 Å². The fourth-order valence-electron chi connectivity index (χ4n) is 1.24. The van der Waals surface area contributed by atoms with Crippen LogP contribution in [0.1, 0.15) is 29.7 Å². The number of rotatable bonds is 5. The van der Waals surface area contributed by atoms with E-state index in [1.54, 1.807) is 12.1 Å². The average molecular weight is 353 g/mol. The minimum atomic E-state index is -0.266. The van der Waals surface area contributed by atoms with Crippen molar-refractivity contribution in [1.29, 1.82) is 0 Å². The molecular weight excluding hydrogens is 338 g/mol. The molecule has 0 fully saturated rings. The van der Waals surface area contributed by atoms with Crippen LogP contribution in [0.3, 0.4) is 0 Å². The Hall–Kier alpha value is -0.290. The molecule has 0 aliphatic carbocycles. The number of amides is 1. The highest BCUT2D eigenvalue weighted by atomic mass is 79.9. The second-order valence-electron chi connectivity index (χ2n) is 3.77. The van der Waals surface area contributed by atoms with E-state index in [4.69, 9.17) is 4.42 Å². The largest absolute Gasteiger partial charge is 0.456 e. The number of halogens is 2. The summed E-state index contributed by atoms with van der Waals surface area (Å²) in [6.45, 7) is 3.86. The second kappa shape index (κ2) is 5.87. The molecule has 1 rings (SSSR count). The van der Waals surface area contributed by atoms with Crippen LogP contribution >= 0.6 is 31.9 Å². The Balaban J connectivity index is 2.76. The fourth-order valence-corrected chi connectivity index (χ4v) is 3.24. The smallest absolute Gasteiger partial charge is 0.287 e. The number of alkyl halides is 2. The van der Waals surface area contributed by atoms with Crippen molar-refractivity contribution in [2.24, 2.45) is 0 Å². The Morgan fingerprint density at radius 3 is 2.44 bits per heavy atom. The lowest BCUT2D eigenvalue weighted by Gasteiger charge is -2.29. The fraction of sp³-hybridized carbons (Fsp3) is 0.545. The lowest BCUT2D eigenvalue weighted by Crippen LogP contribution is -2.51. The molecule has 1 aromatic heterocycles. The van der Waals surface area contributed by atoms with E-state index in [9.17, 15) is 4.79 Å². The number of furan rings is 1. The summed E-state index contributed by atoms with van der Waals surface area (Å²) in [4.78, 5) is 11.9. The van der Waals surface area contributed by atoms with Gasteiger partial charge in [-0.2, -0.15) is 0 Å². The first-order valence-electron chi connectivity index (χ1n) is 5.08. The molecule has 0 radical (unpaired) electrons. The van der Waals surface area contributed by atoms with Gasteiger partial charge < -0.3 is 9.73 Å². The summed E-state index contributed by atoms with van der Waals surface area (Å²) < 4.78 is 5.28. The Kier molecular flexibility index (Phi) is 5.05. The van der Waals surface area contributed by atoms with E-state index in [-0.39, 0.29) is 11.4 Å². The highest BCUT2D eigenvalue weighted by molar-refractivity contribution is 9.09. The molecule has 0 aliphatic rings. The van der Waals surface area contributed by atoms with E-state index >= 15 is 0 Å². The van der Waals surface area contributed by atoms with Crippen molar-refractivity contribution < 1.29 is 9.21 Å². The quantitative estimate of drug-likeness (QED) is 0.826. The molecule has 1 heterocycles. The van der Waals surface area contributed by atoms with Crippen molar-refractivity contribution in [2.45, 2.75) is 25.8 Å². The lowest BCUT2D eigenvalue weighted by molar-refractivity contribution is 0.0885. The Morgan fingerprint density at radius 1 is 1.44 bits per heavy atom. The minimum absolute atomic E-state index is 0.172. The third-order valence-corrected chi connectivity index (χ3v) is 4.68. The third kappa shape index (κ3) is 3.10. The summed E-state index contributed by atoms with van der Waals surface area (Å²) in [5.74, 6) is 0.927. The van der Waals surface area contributed by atoms with Gasteiger partial charge in [0.15, 0.2) is 5.76 Å². The van der Waals surface area contributed by atoms with Gasteiger partial charge in [0, 0.05) is 10.7 Å². The van der Waals surface area contributed by atoms with Gasteiger partial charge in [0.05, 0.1) is 5.54 Å². The van der Waals surface area contributed by atoms with Crippen LogP contribution in [0.2, 0.25) is 0 Å². The van der Waals surface area contributed by atoms with E-state index in [1.807, 2.05) is 13.8 Å². The van der Waals surface area contributed by atoms with Gasteiger partial charge in [0.1, 0.15) is 5.76 Å². The van der Waals surface area contributed by atoms with Gasteiger partial charge in [-0.1, -0.05) is 38.8 Å². The zero-order valence-corrected chi connectivity index (χ0v) is 12.5. The SMILES string of the molecule is CCC(CBr)(CBr)NC(=O)c1ccc(C)o1. The van der Waals surface area contributed by atoms with Crippen molar-refractivity contribution in [3.63, 3.8) is 0 Å². The second-order valence-corrected chi connectivity index (χ2v) is 4.89. The first-order valence-corrected chi connectivity index (χ1v) is 7.32. The number of aryl methyl sites for hydroxylation is 1. The molecule has 3 nitrogen and oxygen atoms in total. The maximum absolute atomic E-state index is 11.9. The molecule has 0 aromatic carbocycles. The summed E-state index contributed by atoms with van der Waals surface area (Å²) >= 11 is 6.85. The van der Waals surface area contributed by atoms with Gasteiger partial charge in [-0.05, 0) is 25.5 Å². The standard InChI is InChI=1S/C11H15Br2NO2/c1-3-11(6-12,7-13)14-10(15)9-5-4-8(2)16-9/h4-5H,3,6-7H2,1-2H3,(H,14,15). The van der Waals surface area contributed by atoms with Crippen LogP contribution in [-0.2, 0) is 0 Å². The number of nitrogens with one attached hydrogen (secondary N) is 1. The summed E-state index contributed by atoms with van der Waals surface area (Å²) in [5, 5.41) is 4.39. The highest BCUT2D eigenvalue weighted by Gasteiger charge is 2.28. The van der Waals surface area contributed by atoms with Crippen LogP contribution in [0.4, 0.5) is 0 Å². The van der Waals surface area contributed by atoms with Crippen LogP contribution in [0, 0.1) is 6.92 Å². The van der Waals surface area contributed by atoms with Gasteiger partial charge in [-0.25, -0.2) is 0 Å². The molecule has 0 bridgehead atoms. The Labute approximate surface area is 112 Å².